The molecule has 8 heteroatoms. The van der Waals surface area contributed by atoms with E-state index in [1.165, 1.54) is 36.5 Å². The summed E-state index contributed by atoms with van der Waals surface area (Å²) in [6, 6.07) is 15.2. The summed E-state index contributed by atoms with van der Waals surface area (Å²) in [6.45, 7) is 0. The molecule has 0 aromatic heterocycles. The molecule has 0 atom stereocenters. The second-order valence-electron chi connectivity index (χ2n) is 7.15. The third kappa shape index (κ3) is 6.19. The normalized spacial score (nSPS) is 10.5. The standard InChI is InChI=1S/C25H20ClFN4O2/c1-4-16-5-9-19(10-6-16)29-25(33)21-14-18(26)8-12-23(21)30-24(32)20-11-7-17(13-22(20)27)15-28-31(2)3/h1,5-15H,2-3H3,(H,29,33)(H,30,32). The molecule has 6 nitrogen and oxygen atoms in total. The molecule has 0 spiro atoms. The Bertz CT molecular complexity index is 1260. The Hall–Kier alpha value is -4.15. The molecule has 2 N–H and O–H groups in total. The van der Waals surface area contributed by atoms with Crippen molar-refractivity contribution >= 4 is 41.0 Å². The Morgan fingerprint density at radius 2 is 1.70 bits per heavy atom. The maximum atomic E-state index is 14.5. The Balaban J connectivity index is 1.82. The van der Waals surface area contributed by atoms with Crippen molar-refractivity contribution in [1.29, 1.82) is 0 Å². The topological polar surface area (TPSA) is 73.8 Å². The molecule has 0 radical (unpaired) electrons. The Kier molecular flexibility index (Phi) is 7.44. The van der Waals surface area contributed by atoms with Crippen molar-refractivity contribution in [2.45, 2.75) is 0 Å². The van der Waals surface area contributed by atoms with E-state index in [-0.39, 0.29) is 16.8 Å². The highest BCUT2D eigenvalue weighted by Crippen LogP contribution is 2.23. The van der Waals surface area contributed by atoms with Crippen molar-refractivity contribution in [2.75, 3.05) is 24.7 Å². The maximum absolute atomic E-state index is 14.5. The Labute approximate surface area is 196 Å². The van der Waals surface area contributed by atoms with E-state index < -0.39 is 17.6 Å². The summed E-state index contributed by atoms with van der Waals surface area (Å²) in [7, 11) is 3.47. The predicted molar refractivity (Wildman–Crippen MR) is 129 cm³/mol. The van der Waals surface area contributed by atoms with E-state index in [0.29, 0.717) is 21.8 Å². The number of hydrogen-bond acceptors (Lipinski definition) is 4. The molecule has 2 amide bonds. The van der Waals surface area contributed by atoms with Crippen LogP contribution in [0.25, 0.3) is 0 Å². The summed E-state index contributed by atoms with van der Waals surface area (Å²) in [5, 5.41) is 11.2. The van der Waals surface area contributed by atoms with Crippen LogP contribution < -0.4 is 10.6 Å². The summed E-state index contributed by atoms with van der Waals surface area (Å²) in [4.78, 5) is 25.6. The molecule has 3 rings (SSSR count). The number of benzene rings is 3. The summed E-state index contributed by atoms with van der Waals surface area (Å²) >= 11 is 6.06. The summed E-state index contributed by atoms with van der Waals surface area (Å²) in [5.41, 5.74) is 1.80. The van der Waals surface area contributed by atoms with Crippen molar-refractivity contribution in [3.63, 3.8) is 0 Å². The van der Waals surface area contributed by atoms with Gasteiger partial charge in [0.05, 0.1) is 23.0 Å². The number of nitrogens with zero attached hydrogens (tertiary/aromatic N) is 2. The molecule has 0 aliphatic rings. The second-order valence-corrected chi connectivity index (χ2v) is 7.59. The van der Waals surface area contributed by atoms with Gasteiger partial charge in [-0.3, -0.25) is 9.59 Å². The molecule has 3 aromatic carbocycles. The van der Waals surface area contributed by atoms with Crippen LogP contribution in [0.2, 0.25) is 5.02 Å². The minimum Gasteiger partial charge on any atom is -0.322 e. The summed E-state index contributed by atoms with van der Waals surface area (Å²) < 4.78 is 14.5. The van der Waals surface area contributed by atoms with Gasteiger partial charge in [0.2, 0.25) is 0 Å². The molecule has 0 unspecified atom stereocenters. The van der Waals surface area contributed by atoms with Gasteiger partial charge < -0.3 is 15.6 Å². The molecule has 0 heterocycles. The van der Waals surface area contributed by atoms with Gasteiger partial charge in [0.1, 0.15) is 5.82 Å². The quantitative estimate of drug-likeness (QED) is 0.312. The van der Waals surface area contributed by atoms with Gasteiger partial charge in [-0.05, 0) is 60.2 Å². The van der Waals surface area contributed by atoms with Crippen LogP contribution in [0.3, 0.4) is 0 Å². The molecular formula is C25H20ClFN4O2. The van der Waals surface area contributed by atoms with Crippen LogP contribution in [0.5, 0.6) is 0 Å². The first kappa shape index (κ1) is 23.5. The van der Waals surface area contributed by atoms with Crippen molar-refractivity contribution in [3.8, 4) is 12.3 Å². The molecule has 0 saturated carbocycles. The first-order valence-corrected chi connectivity index (χ1v) is 10.1. The average molecular weight is 463 g/mol. The van der Waals surface area contributed by atoms with Crippen molar-refractivity contribution < 1.29 is 14.0 Å². The number of terminal acetylenes is 1. The highest BCUT2D eigenvalue weighted by molar-refractivity contribution is 6.31. The van der Waals surface area contributed by atoms with E-state index >= 15 is 0 Å². The maximum Gasteiger partial charge on any atom is 0.258 e. The zero-order valence-corrected chi connectivity index (χ0v) is 18.7. The number of amides is 2. The smallest absolute Gasteiger partial charge is 0.258 e. The number of halogens is 2. The average Bonchev–Trinajstić information content (AvgIpc) is 2.79. The van der Waals surface area contributed by atoms with E-state index in [9.17, 15) is 14.0 Å². The second kappa shape index (κ2) is 10.4. The van der Waals surface area contributed by atoms with Crippen LogP contribution in [0.15, 0.2) is 65.8 Å². The van der Waals surface area contributed by atoms with Gasteiger partial charge >= 0.3 is 0 Å². The van der Waals surface area contributed by atoms with Crippen LogP contribution in [-0.2, 0) is 0 Å². The van der Waals surface area contributed by atoms with Crippen molar-refractivity contribution in [3.05, 3.63) is 93.8 Å². The number of anilines is 2. The minimum atomic E-state index is -0.719. The van der Waals surface area contributed by atoms with Gasteiger partial charge in [-0.25, -0.2) is 4.39 Å². The number of hydrogen-bond donors (Lipinski definition) is 2. The lowest BCUT2D eigenvalue weighted by Gasteiger charge is -2.13. The molecule has 0 aliphatic carbocycles. The van der Waals surface area contributed by atoms with Gasteiger partial charge in [0.15, 0.2) is 0 Å². The van der Waals surface area contributed by atoms with Crippen LogP contribution in [-0.4, -0.2) is 37.1 Å². The third-order valence-electron chi connectivity index (χ3n) is 4.46. The number of carbonyl (C=O) groups is 2. The molecule has 0 aliphatic heterocycles. The highest BCUT2D eigenvalue weighted by Gasteiger charge is 2.18. The highest BCUT2D eigenvalue weighted by atomic mass is 35.5. The van der Waals surface area contributed by atoms with E-state index in [0.717, 1.165) is 0 Å². The first-order chi connectivity index (χ1) is 15.8. The van der Waals surface area contributed by atoms with Crippen LogP contribution >= 0.6 is 11.6 Å². The Morgan fingerprint density at radius 1 is 1.00 bits per heavy atom. The molecule has 0 fully saturated rings. The largest absolute Gasteiger partial charge is 0.322 e. The predicted octanol–water partition coefficient (Wildman–Crippen LogP) is 4.86. The van der Waals surface area contributed by atoms with Crippen LogP contribution in [0, 0.1) is 18.2 Å². The summed E-state index contributed by atoms with van der Waals surface area (Å²) in [5.74, 6) is 0.564. The van der Waals surface area contributed by atoms with E-state index in [4.69, 9.17) is 18.0 Å². The number of rotatable bonds is 6. The van der Waals surface area contributed by atoms with Gasteiger partial charge in [0.25, 0.3) is 11.8 Å². The van der Waals surface area contributed by atoms with E-state index in [1.54, 1.807) is 49.4 Å². The van der Waals surface area contributed by atoms with Gasteiger partial charge in [-0.15, -0.1) is 6.42 Å². The number of nitrogens with one attached hydrogen (secondary N) is 2. The lowest BCUT2D eigenvalue weighted by atomic mass is 10.1. The van der Waals surface area contributed by atoms with Gasteiger partial charge in [0, 0.05) is 30.4 Å². The molecule has 0 saturated heterocycles. The number of hydrazone groups is 1. The van der Waals surface area contributed by atoms with Gasteiger partial charge in [-0.1, -0.05) is 23.6 Å². The van der Waals surface area contributed by atoms with E-state index in [2.05, 4.69) is 21.7 Å². The molecular weight excluding hydrogens is 443 g/mol. The van der Waals surface area contributed by atoms with E-state index in [1.807, 2.05) is 0 Å². The Morgan fingerprint density at radius 3 is 2.33 bits per heavy atom. The monoisotopic (exact) mass is 462 g/mol. The van der Waals surface area contributed by atoms with Crippen molar-refractivity contribution in [2.24, 2.45) is 5.10 Å². The van der Waals surface area contributed by atoms with Crippen LogP contribution in [0.4, 0.5) is 15.8 Å². The lowest BCUT2D eigenvalue weighted by molar-refractivity contribution is 0.102. The third-order valence-corrected chi connectivity index (χ3v) is 4.69. The molecule has 33 heavy (non-hydrogen) atoms. The fraction of sp³-hybridized carbons (Fsp3) is 0.0800. The summed E-state index contributed by atoms with van der Waals surface area (Å²) in [6.07, 6.45) is 6.82. The minimum absolute atomic E-state index is 0.118. The number of carbonyl (C=O) groups excluding carboxylic acids is 2. The fourth-order valence-corrected chi connectivity index (χ4v) is 3.00. The van der Waals surface area contributed by atoms with Crippen LogP contribution in [0.1, 0.15) is 31.8 Å². The zero-order valence-electron chi connectivity index (χ0n) is 17.9. The fourth-order valence-electron chi connectivity index (χ4n) is 2.83. The zero-order chi connectivity index (χ0) is 24.0. The lowest BCUT2D eigenvalue weighted by Crippen LogP contribution is -2.19. The first-order valence-electron chi connectivity index (χ1n) is 9.76. The SMILES string of the molecule is C#Cc1ccc(NC(=O)c2cc(Cl)ccc2NC(=O)c2ccc(C=NN(C)C)cc2F)cc1. The van der Waals surface area contributed by atoms with Crippen molar-refractivity contribution in [1.82, 2.24) is 5.01 Å². The molecule has 166 valence electrons. The molecule has 3 aromatic rings. The molecule has 0 bridgehead atoms. The van der Waals surface area contributed by atoms with Gasteiger partial charge in [-0.2, -0.15) is 5.10 Å².